The molecule has 1 amide bonds. The fourth-order valence-corrected chi connectivity index (χ4v) is 3.54. The molecule has 0 saturated carbocycles. The monoisotopic (exact) mass is 388 g/mol. The SMILES string of the molecule is CC(=O)c1ccc(S(=O)(=O)NCCC(=O)NC(C)c2ccc(C)cc2)cc1. The molecule has 0 bridgehead atoms. The van der Waals surface area contributed by atoms with Crippen LogP contribution in [0.1, 0.15) is 47.8 Å². The highest BCUT2D eigenvalue weighted by Gasteiger charge is 2.15. The highest BCUT2D eigenvalue weighted by Crippen LogP contribution is 2.13. The van der Waals surface area contributed by atoms with Crippen molar-refractivity contribution in [1.29, 1.82) is 0 Å². The van der Waals surface area contributed by atoms with E-state index in [0.29, 0.717) is 5.56 Å². The molecular formula is C20H24N2O4S. The zero-order valence-electron chi connectivity index (χ0n) is 15.7. The van der Waals surface area contributed by atoms with Crippen molar-refractivity contribution in [2.45, 2.75) is 38.1 Å². The molecule has 2 aromatic rings. The Morgan fingerprint density at radius 2 is 1.59 bits per heavy atom. The lowest BCUT2D eigenvalue weighted by atomic mass is 10.1. The number of carbonyl (C=O) groups is 2. The van der Waals surface area contributed by atoms with Crippen LogP contribution < -0.4 is 10.0 Å². The van der Waals surface area contributed by atoms with Gasteiger partial charge in [-0.1, -0.05) is 42.0 Å². The van der Waals surface area contributed by atoms with Crippen molar-refractivity contribution in [1.82, 2.24) is 10.0 Å². The molecule has 1 atom stereocenters. The van der Waals surface area contributed by atoms with E-state index in [1.54, 1.807) is 0 Å². The van der Waals surface area contributed by atoms with Gasteiger partial charge < -0.3 is 5.32 Å². The average molecular weight is 388 g/mol. The first kappa shape index (κ1) is 20.8. The summed E-state index contributed by atoms with van der Waals surface area (Å²) >= 11 is 0. The van der Waals surface area contributed by atoms with Gasteiger partial charge in [-0.05, 0) is 38.5 Å². The van der Waals surface area contributed by atoms with Gasteiger partial charge in [0.05, 0.1) is 10.9 Å². The first-order valence-corrected chi connectivity index (χ1v) is 10.1. The Balaban J connectivity index is 1.86. The first-order valence-electron chi connectivity index (χ1n) is 8.65. The maximum Gasteiger partial charge on any atom is 0.240 e. The summed E-state index contributed by atoms with van der Waals surface area (Å²) in [5.74, 6) is -0.371. The molecule has 2 N–H and O–H groups in total. The molecule has 2 aromatic carbocycles. The molecule has 0 saturated heterocycles. The minimum absolute atomic E-state index is 0.0107. The smallest absolute Gasteiger partial charge is 0.240 e. The van der Waals surface area contributed by atoms with Crippen LogP contribution in [0.4, 0.5) is 0 Å². The minimum atomic E-state index is -3.73. The number of benzene rings is 2. The summed E-state index contributed by atoms with van der Waals surface area (Å²) in [5.41, 5.74) is 2.57. The number of sulfonamides is 1. The molecule has 0 radical (unpaired) electrons. The van der Waals surface area contributed by atoms with Gasteiger partial charge in [0, 0.05) is 18.5 Å². The second kappa shape index (κ2) is 8.92. The minimum Gasteiger partial charge on any atom is -0.350 e. The molecule has 7 heteroatoms. The van der Waals surface area contributed by atoms with Crippen molar-refractivity contribution in [3.8, 4) is 0 Å². The molecule has 0 fully saturated rings. The third-order valence-corrected chi connectivity index (χ3v) is 5.65. The molecule has 144 valence electrons. The Labute approximate surface area is 160 Å². The van der Waals surface area contributed by atoms with E-state index < -0.39 is 10.0 Å². The molecule has 6 nitrogen and oxygen atoms in total. The molecule has 0 aromatic heterocycles. The Kier molecular flexibility index (Phi) is 6.87. The molecule has 0 spiro atoms. The van der Waals surface area contributed by atoms with Crippen LogP contribution in [-0.4, -0.2) is 26.7 Å². The van der Waals surface area contributed by atoms with Gasteiger partial charge in [-0.15, -0.1) is 0 Å². The highest BCUT2D eigenvalue weighted by molar-refractivity contribution is 7.89. The normalized spacial score (nSPS) is 12.4. The van der Waals surface area contributed by atoms with Gasteiger partial charge in [0.2, 0.25) is 15.9 Å². The quantitative estimate of drug-likeness (QED) is 0.680. The summed E-state index contributed by atoms with van der Waals surface area (Å²) in [6.07, 6.45) is 0.0287. The summed E-state index contributed by atoms with van der Waals surface area (Å²) < 4.78 is 26.9. The second-order valence-electron chi connectivity index (χ2n) is 6.43. The largest absolute Gasteiger partial charge is 0.350 e. The van der Waals surface area contributed by atoms with Gasteiger partial charge in [0.1, 0.15) is 0 Å². The van der Waals surface area contributed by atoms with Crippen molar-refractivity contribution in [3.05, 3.63) is 65.2 Å². The lowest BCUT2D eigenvalue weighted by molar-refractivity contribution is -0.121. The van der Waals surface area contributed by atoms with E-state index in [1.165, 1.54) is 31.2 Å². The van der Waals surface area contributed by atoms with E-state index >= 15 is 0 Å². The number of rotatable bonds is 8. The number of hydrogen-bond donors (Lipinski definition) is 2. The fourth-order valence-electron chi connectivity index (χ4n) is 2.50. The Morgan fingerprint density at radius 3 is 2.15 bits per heavy atom. The standard InChI is InChI=1S/C20H24N2O4S/c1-14-4-6-17(7-5-14)15(2)22-20(24)12-13-21-27(25,26)19-10-8-18(9-11-19)16(3)23/h4-11,15,21H,12-13H2,1-3H3,(H,22,24). The van der Waals surface area contributed by atoms with Crippen molar-refractivity contribution in [2.24, 2.45) is 0 Å². The maximum atomic E-state index is 12.2. The van der Waals surface area contributed by atoms with Crippen molar-refractivity contribution >= 4 is 21.7 Å². The van der Waals surface area contributed by atoms with Crippen LogP contribution in [0.25, 0.3) is 0 Å². The molecule has 0 aliphatic rings. The van der Waals surface area contributed by atoms with Gasteiger partial charge >= 0.3 is 0 Å². The number of carbonyl (C=O) groups excluding carboxylic acids is 2. The molecule has 1 unspecified atom stereocenters. The van der Waals surface area contributed by atoms with E-state index in [0.717, 1.165) is 11.1 Å². The number of aryl methyl sites for hydroxylation is 1. The van der Waals surface area contributed by atoms with Gasteiger partial charge in [-0.2, -0.15) is 0 Å². The molecule has 27 heavy (non-hydrogen) atoms. The van der Waals surface area contributed by atoms with Crippen LogP contribution >= 0.6 is 0 Å². The maximum absolute atomic E-state index is 12.2. The zero-order chi connectivity index (χ0) is 20.0. The second-order valence-corrected chi connectivity index (χ2v) is 8.20. The molecule has 0 heterocycles. The third kappa shape index (κ3) is 6.01. The van der Waals surface area contributed by atoms with Crippen LogP contribution in [0.3, 0.4) is 0 Å². The Hall–Kier alpha value is -2.51. The van der Waals surface area contributed by atoms with Crippen LogP contribution in [0.2, 0.25) is 0 Å². The van der Waals surface area contributed by atoms with E-state index in [-0.39, 0.29) is 35.6 Å². The number of amides is 1. The molecular weight excluding hydrogens is 364 g/mol. The van der Waals surface area contributed by atoms with Crippen LogP contribution in [-0.2, 0) is 14.8 Å². The van der Waals surface area contributed by atoms with Crippen molar-refractivity contribution in [2.75, 3.05) is 6.54 Å². The average Bonchev–Trinajstić information content (AvgIpc) is 2.62. The fraction of sp³-hybridized carbons (Fsp3) is 0.300. The van der Waals surface area contributed by atoms with Crippen LogP contribution in [0.5, 0.6) is 0 Å². The third-order valence-electron chi connectivity index (χ3n) is 4.17. The summed E-state index contributed by atoms with van der Waals surface area (Å²) in [6.45, 7) is 5.28. The molecule has 0 aliphatic carbocycles. The van der Waals surface area contributed by atoms with Crippen molar-refractivity contribution in [3.63, 3.8) is 0 Å². The van der Waals surface area contributed by atoms with E-state index in [4.69, 9.17) is 0 Å². The van der Waals surface area contributed by atoms with Gasteiger partial charge in [-0.3, -0.25) is 9.59 Å². The summed E-state index contributed by atoms with van der Waals surface area (Å²) in [5, 5.41) is 2.85. The van der Waals surface area contributed by atoms with Gasteiger partial charge in [0.25, 0.3) is 0 Å². The lowest BCUT2D eigenvalue weighted by Crippen LogP contribution is -2.32. The topological polar surface area (TPSA) is 92.3 Å². The van der Waals surface area contributed by atoms with Gasteiger partial charge in [0.15, 0.2) is 5.78 Å². The Bertz CT molecular complexity index is 904. The van der Waals surface area contributed by atoms with Crippen molar-refractivity contribution < 1.29 is 18.0 Å². The van der Waals surface area contributed by atoms with Gasteiger partial charge in [-0.25, -0.2) is 13.1 Å². The van der Waals surface area contributed by atoms with Crippen LogP contribution in [0.15, 0.2) is 53.4 Å². The lowest BCUT2D eigenvalue weighted by Gasteiger charge is -2.15. The first-order chi connectivity index (χ1) is 12.7. The van der Waals surface area contributed by atoms with E-state index in [9.17, 15) is 18.0 Å². The zero-order valence-corrected chi connectivity index (χ0v) is 16.5. The van der Waals surface area contributed by atoms with E-state index in [2.05, 4.69) is 10.0 Å². The number of hydrogen-bond acceptors (Lipinski definition) is 4. The molecule has 2 rings (SSSR count). The van der Waals surface area contributed by atoms with Crippen LogP contribution in [0, 0.1) is 6.92 Å². The number of nitrogens with one attached hydrogen (secondary N) is 2. The Morgan fingerprint density at radius 1 is 1.00 bits per heavy atom. The highest BCUT2D eigenvalue weighted by atomic mass is 32.2. The predicted molar refractivity (Wildman–Crippen MR) is 104 cm³/mol. The van der Waals surface area contributed by atoms with E-state index in [1.807, 2.05) is 38.1 Å². The predicted octanol–water partition coefficient (Wildman–Crippen LogP) is 2.74. The molecule has 0 aliphatic heterocycles. The summed E-state index contributed by atoms with van der Waals surface area (Å²) in [6, 6.07) is 13.4. The number of Topliss-reactive ketones (excluding diaryl/α,β-unsaturated/α-hetero) is 1. The summed E-state index contributed by atoms with van der Waals surface area (Å²) in [7, 11) is -3.73. The summed E-state index contributed by atoms with van der Waals surface area (Å²) in [4.78, 5) is 23.4. The number of ketones is 1.